The van der Waals surface area contributed by atoms with E-state index >= 15 is 0 Å². The molecule has 0 radical (unpaired) electrons. The zero-order valence-electron chi connectivity index (χ0n) is 24.8. The lowest BCUT2D eigenvalue weighted by atomic mass is 10.0. The highest BCUT2D eigenvalue weighted by atomic mass is 14.0. The van der Waals surface area contributed by atoms with Crippen molar-refractivity contribution in [3.63, 3.8) is 0 Å². The highest BCUT2D eigenvalue weighted by molar-refractivity contribution is 4.82. The maximum atomic E-state index is 2.44. The van der Waals surface area contributed by atoms with E-state index in [9.17, 15) is 0 Å². The number of hydrogen-bond donors (Lipinski definition) is 0. The summed E-state index contributed by atoms with van der Waals surface area (Å²) in [4.78, 5) is 0. The van der Waals surface area contributed by atoms with E-state index in [0.29, 0.717) is 0 Å². The molecule has 0 atom stereocenters. The van der Waals surface area contributed by atoms with Gasteiger partial charge in [0.05, 0.1) is 0 Å². The van der Waals surface area contributed by atoms with Crippen molar-refractivity contribution < 1.29 is 0 Å². The molecule has 0 saturated heterocycles. The molecule has 0 bridgehead atoms. The third-order valence-electron chi connectivity index (χ3n) is 7.52. The Balaban J connectivity index is 3.10. The van der Waals surface area contributed by atoms with E-state index in [-0.39, 0.29) is 0 Å². The summed E-state index contributed by atoms with van der Waals surface area (Å²) in [6.07, 6.45) is 50.9. The Kier molecular flexibility index (Phi) is 33.0. The van der Waals surface area contributed by atoms with E-state index in [2.05, 4.69) is 38.2 Å². The lowest BCUT2D eigenvalue weighted by molar-refractivity contribution is 0.537. The van der Waals surface area contributed by atoms with E-state index in [1.165, 1.54) is 186 Å². The van der Waals surface area contributed by atoms with E-state index in [4.69, 9.17) is 0 Å². The summed E-state index contributed by atoms with van der Waals surface area (Å²) in [5.41, 5.74) is 0. The average molecular weight is 489 g/mol. The Labute approximate surface area is 224 Å². The molecule has 0 heteroatoms. The van der Waals surface area contributed by atoms with Crippen LogP contribution >= 0.6 is 0 Å². The van der Waals surface area contributed by atoms with Crippen molar-refractivity contribution in [3.05, 3.63) is 24.3 Å². The van der Waals surface area contributed by atoms with Crippen LogP contribution in [0, 0.1) is 0 Å². The van der Waals surface area contributed by atoms with Crippen LogP contribution in [0.2, 0.25) is 0 Å². The molecule has 0 heterocycles. The zero-order valence-corrected chi connectivity index (χ0v) is 24.8. The van der Waals surface area contributed by atoms with Gasteiger partial charge in [0.15, 0.2) is 0 Å². The van der Waals surface area contributed by atoms with Crippen LogP contribution in [0.3, 0.4) is 0 Å². The highest BCUT2D eigenvalue weighted by Crippen LogP contribution is 2.14. The van der Waals surface area contributed by atoms with Gasteiger partial charge in [0.1, 0.15) is 0 Å². The first-order valence-corrected chi connectivity index (χ1v) is 16.7. The molecule has 0 aromatic heterocycles. The van der Waals surface area contributed by atoms with Gasteiger partial charge in [-0.3, -0.25) is 0 Å². The third kappa shape index (κ3) is 33.5. The fourth-order valence-electron chi connectivity index (χ4n) is 5.03. The van der Waals surface area contributed by atoms with Crippen LogP contribution in [-0.4, -0.2) is 0 Å². The summed E-state index contributed by atoms with van der Waals surface area (Å²) < 4.78 is 0. The molecule has 0 aromatic carbocycles. The van der Waals surface area contributed by atoms with Crippen molar-refractivity contribution in [2.75, 3.05) is 0 Å². The first kappa shape index (κ1) is 34.5. The SMILES string of the molecule is CCCCCCCC/C=C/CCCCCCCCCCCCCCC/C=C/CCCCCCCC. The van der Waals surface area contributed by atoms with Crippen LogP contribution in [-0.2, 0) is 0 Å². The predicted octanol–water partition coefficient (Wildman–Crippen LogP) is 13.5. The molecule has 0 spiro atoms. The summed E-state index contributed by atoms with van der Waals surface area (Å²) >= 11 is 0. The molecule has 0 aromatic rings. The van der Waals surface area contributed by atoms with Gasteiger partial charge in [0.2, 0.25) is 0 Å². The molecule has 0 unspecified atom stereocenters. The van der Waals surface area contributed by atoms with E-state index in [0.717, 1.165) is 0 Å². The summed E-state index contributed by atoms with van der Waals surface area (Å²) in [6, 6.07) is 0. The van der Waals surface area contributed by atoms with Crippen LogP contribution in [0.15, 0.2) is 24.3 Å². The lowest BCUT2D eigenvalue weighted by Crippen LogP contribution is -1.83. The second-order valence-electron chi connectivity index (χ2n) is 11.2. The Bertz CT molecular complexity index is 366. The monoisotopic (exact) mass is 489 g/mol. The molecule has 35 heavy (non-hydrogen) atoms. The van der Waals surface area contributed by atoms with E-state index < -0.39 is 0 Å². The number of rotatable bonds is 30. The zero-order chi connectivity index (χ0) is 25.3. The van der Waals surface area contributed by atoms with Gasteiger partial charge < -0.3 is 0 Å². The molecule has 208 valence electrons. The fourth-order valence-corrected chi connectivity index (χ4v) is 5.03. The van der Waals surface area contributed by atoms with Gasteiger partial charge in [-0.2, -0.15) is 0 Å². The lowest BCUT2D eigenvalue weighted by Gasteiger charge is -2.03. The average Bonchev–Trinajstić information content (AvgIpc) is 2.87. The largest absolute Gasteiger partial charge is 0.0885 e. The van der Waals surface area contributed by atoms with Gasteiger partial charge in [-0.25, -0.2) is 0 Å². The van der Waals surface area contributed by atoms with Crippen molar-refractivity contribution in [2.24, 2.45) is 0 Å². The highest BCUT2D eigenvalue weighted by Gasteiger charge is 1.94. The molecule has 0 fully saturated rings. The van der Waals surface area contributed by atoms with Crippen molar-refractivity contribution in [2.45, 2.75) is 200 Å². The van der Waals surface area contributed by atoms with Crippen molar-refractivity contribution >= 4 is 0 Å². The first-order valence-electron chi connectivity index (χ1n) is 16.7. The Hall–Kier alpha value is -0.520. The van der Waals surface area contributed by atoms with Crippen LogP contribution in [0.1, 0.15) is 200 Å². The molecular formula is C35H68. The Morgan fingerprint density at radius 1 is 0.229 bits per heavy atom. The smallest absolute Gasteiger partial charge is 0.0351 e. The second-order valence-corrected chi connectivity index (χ2v) is 11.2. The molecular weight excluding hydrogens is 420 g/mol. The molecule has 0 amide bonds. The minimum atomic E-state index is 1.31. The molecule has 0 nitrogen and oxygen atoms in total. The number of unbranched alkanes of at least 4 members (excludes halogenated alkanes) is 26. The summed E-state index contributed by atoms with van der Waals surface area (Å²) in [6.45, 7) is 4.59. The van der Waals surface area contributed by atoms with Crippen LogP contribution in [0.5, 0.6) is 0 Å². The van der Waals surface area contributed by atoms with Gasteiger partial charge in [-0.1, -0.05) is 173 Å². The van der Waals surface area contributed by atoms with E-state index in [1.54, 1.807) is 0 Å². The minimum Gasteiger partial charge on any atom is -0.0885 e. The van der Waals surface area contributed by atoms with E-state index in [1.807, 2.05) is 0 Å². The topological polar surface area (TPSA) is 0 Å². The molecule has 0 N–H and O–H groups in total. The number of allylic oxidation sites excluding steroid dienone is 4. The summed E-state index contributed by atoms with van der Waals surface area (Å²) in [5, 5.41) is 0. The van der Waals surface area contributed by atoms with Crippen LogP contribution in [0.25, 0.3) is 0 Å². The standard InChI is InChI=1S/C35H68/c1-3-5-7-9-11-13-15-17-19-21-23-25-27-29-31-33-35-34-32-30-28-26-24-22-20-18-16-14-12-10-8-6-4-2/h17-20H,3-16,21-35H2,1-2H3/b19-17+,20-18+. The predicted molar refractivity (Wildman–Crippen MR) is 164 cm³/mol. The summed E-state index contributed by atoms with van der Waals surface area (Å²) in [7, 11) is 0. The van der Waals surface area contributed by atoms with Gasteiger partial charge in [-0.05, 0) is 51.4 Å². The van der Waals surface area contributed by atoms with Crippen molar-refractivity contribution in [1.82, 2.24) is 0 Å². The Morgan fingerprint density at radius 2 is 0.400 bits per heavy atom. The Morgan fingerprint density at radius 3 is 0.600 bits per heavy atom. The van der Waals surface area contributed by atoms with Crippen LogP contribution < -0.4 is 0 Å². The van der Waals surface area contributed by atoms with Crippen LogP contribution in [0.4, 0.5) is 0 Å². The molecule has 0 saturated carbocycles. The molecule has 0 aliphatic rings. The van der Waals surface area contributed by atoms with Crippen molar-refractivity contribution in [3.8, 4) is 0 Å². The fraction of sp³-hybridized carbons (Fsp3) is 0.886. The maximum Gasteiger partial charge on any atom is -0.0351 e. The van der Waals surface area contributed by atoms with Crippen molar-refractivity contribution in [1.29, 1.82) is 0 Å². The third-order valence-corrected chi connectivity index (χ3v) is 7.52. The van der Waals surface area contributed by atoms with Gasteiger partial charge in [0, 0.05) is 0 Å². The molecule has 0 rings (SSSR count). The van der Waals surface area contributed by atoms with Gasteiger partial charge in [-0.15, -0.1) is 0 Å². The minimum absolute atomic E-state index is 1.31. The first-order chi connectivity index (χ1) is 17.4. The van der Waals surface area contributed by atoms with Gasteiger partial charge >= 0.3 is 0 Å². The molecule has 0 aliphatic heterocycles. The normalized spacial score (nSPS) is 11.9. The van der Waals surface area contributed by atoms with Gasteiger partial charge in [0.25, 0.3) is 0 Å². The quantitative estimate of drug-likeness (QED) is 0.0696. The maximum absolute atomic E-state index is 2.44. The second kappa shape index (κ2) is 33.5. The number of hydrogen-bond acceptors (Lipinski definition) is 0. The summed E-state index contributed by atoms with van der Waals surface area (Å²) in [5.74, 6) is 0. The molecule has 0 aliphatic carbocycles.